The Hall–Kier alpha value is 0.354. The molecule has 0 aromatic carbocycles. The molecule has 172 valence electrons. The van der Waals surface area contributed by atoms with E-state index < -0.39 is 16.5 Å². The Kier molecular flexibility index (Phi) is 8.36. The molecule has 2 aliphatic rings. The van der Waals surface area contributed by atoms with E-state index in [2.05, 4.69) is 77.7 Å². The van der Waals surface area contributed by atoms with Crippen molar-refractivity contribution in [2.75, 3.05) is 0 Å². The van der Waals surface area contributed by atoms with Crippen molar-refractivity contribution in [2.24, 2.45) is 11.8 Å². The summed E-state index contributed by atoms with van der Waals surface area (Å²) in [7, 11) is -2.70. The van der Waals surface area contributed by atoms with Crippen LogP contribution in [0.2, 0.25) is 36.3 Å². The molecule has 0 bridgehead atoms. The molecule has 0 saturated heterocycles. The van der Waals surface area contributed by atoms with E-state index in [1.807, 2.05) is 0 Å². The third kappa shape index (κ3) is 7.18. The normalized spacial score (nSPS) is 30.4. The van der Waals surface area contributed by atoms with Crippen LogP contribution in [-0.4, -0.2) is 28.6 Å². The van der Waals surface area contributed by atoms with Crippen LogP contribution in [0.25, 0.3) is 0 Å². The van der Waals surface area contributed by atoms with Gasteiger partial charge < -0.3 is 9.96 Å². The minimum atomic E-state index is -1.35. The predicted molar refractivity (Wildman–Crippen MR) is 137 cm³/mol. The monoisotopic (exact) mass is 438 g/mol. The zero-order valence-corrected chi connectivity index (χ0v) is 23.7. The summed E-state index contributed by atoms with van der Waals surface area (Å²) >= 11 is 0. The highest BCUT2D eigenvalue weighted by atomic mass is 28.3. The van der Waals surface area contributed by atoms with Crippen LogP contribution in [0, 0.1) is 11.8 Å². The molecule has 2 aliphatic carbocycles. The molecule has 2 fully saturated rings. The van der Waals surface area contributed by atoms with Crippen molar-refractivity contribution < 1.29 is 0 Å². The molecule has 2 N–H and O–H groups in total. The number of hydrogen-bond donors (Lipinski definition) is 2. The number of nitrogens with one attached hydrogen (secondary N) is 2. The van der Waals surface area contributed by atoms with Crippen molar-refractivity contribution in [3.8, 4) is 0 Å². The predicted octanol–water partition coefficient (Wildman–Crippen LogP) is 7.68. The summed E-state index contributed by atoms with van der Waals surface area (Å²) in [6.07, 6.45) is 13.0. The fourth-order valence-electron chi connectivity index (χ4n) is 5.01. The molecule has 0 atom stereocenters. The Morgan fingerprint density at radius 1 is 0.552 bits per heavy atom. The Bertz CT molecular complexity index is 454. The fraction of sp³-hybridized carbons (Fsp3) is 1.00. The highest BCUT2D eigenvalue weighted by molar-refractivity contribution is 6.78. The summed E-state index contributed by atoms with van der Waals surface area (Å²) in [4.78, 5) is 8.27. The summed E-state index contributed by atoms with van der Waals surface area (Å²) in [5.74, 6) is 2.00. The lowest BCUT2D eigenvalue weighted by Crippen LogP contribution is -2.57. The van der Waals surface area contributed by atoms with Crippen molar-refractivity contribution >= 4 is 16.5 Å². The van der Waals surface area contributed by atoms with Crippen molar-refractivity contribution in [1.82, 2.24) is 9.96 Å². The number of hydrogen-bond acceptors (Lipinski definition) is 2. The lowest BCUT2D eigenvalue weighted by molar-refractivity contribution is 0.216. The Labute approximate surface area is 186 Å². The Morgan fingerprint density at radius 2 is 0.828 bits per heavy atom. The van der Waals surface area contributed by atoms with Crippen molar-refractivity contribution in [1.29, 1.82) is 0 Å². The van der Waals surface area contributed by atoms with E-state index in [-0.39, 0.29) is 0 Å². The first kappa shape index (κ1) is 25.6. The van der Waals surface area contributed by atoms with E-state index in [4.69, 9.17) is 0 Å². The van der Waals surface area contributed by atoms with E-state index in [1.54, 1.807) is 0 Å². The topological polar surface area (TPSA) is 24.1 Å². The van der Waals surface area contributed by atoms with Gasteiger partial charge in [-0.1, -0.05) is 67.7 Å². The second-order valence-electron chi connectivity index (χ2n) is 13.7. The maximum Gasteiger partial charge on any atom is 0.125 e. The molecule has 0 heterocycles. The second-order valence-corrected chi connectivity index (χ2v) is 23.8. The van der Waals surface area contributed by atoms with Gasteiger partial charge in [-0.15, -0.1) is 0 Å². The molecule has 29 heavy (non-hydrogen) atoms. The third-order valence-corrected chi connectivity index (χ3v) is 19.0. The van der Waals surface area contributed by atoms with Crippen LogP contribution >= 0.6 is 0 Å². The molecular formula is C25H54N2Si2. The first-order valence-electron chi connectivity index (χ1n) is 12.7. The first-order chi connectivity index (χ1) is 13.1. The van der Waals surface area contributed by atoms with E-state index in [9.17, 15) is 0 Å². The quantitative estimate of drug-likeness (QED) is 0.415. The van der Waals surface area contributed by atoms with Crippen LogP contribution in [0.4, 0.5) is 0 Å². The third-order valence-electron chi connectivity index (χ3n) is 9.24. The van der Waals surface area contributed by atoms with E-state index in [0.29, 0.717) is 10.1 Å². The van der Waals surface area contributed by atoms with Crippen LogP contribution in [0.5, 0.6) is 0 Å². The molecule has 2 rings (SSSR count). The molecule has 0 aliphatic heterocycles. The molecular weight excluding hydrogens is 384 g/mol. The van der Waals surface area contributed by atoms with E-state index in [0.717, 1.165) is 23.9 Å². The van der Waals surface area contributed by atoms with Gasteiger partial charge in [0.1, 0.15) is 16.5 Å². The van der Waals surface area contributed by atoms with Crippen LogP contribution in [0.1, 0.15) is 99.3 Å². The summed E-state index contributed by atoms with van der Waals surface area (Å²) in [5, 5.41) is 0.891. The van der Waals surface area contributed by atoms with Crippen molar-refractivity contribution in [3.05, 3.63) is 0 Å². The van der Waals surface area contributed by atoms with Gasteiger partial charge in [-0.25, -0.2) is 0 Å². The Balaban J connectivity index is 1.71. The van der Waals surface area contributed by atoms with Gasteiger partial charge in [0.05, 0.1) is 0 Å². The smallest absolute Gasteiger partial charge is 0.125 e. The molecule has 0 unspecified atom stereocenters. The molecule has 4 heteroatoms. The van der Waals surface area contributed by atoms with Crippen molar-refractivity contribution in [3.63, 3.8) is 0 Å². The summed E-state index contributed by atoms with van der Waals surface area (Å²) in [6.45, 7) is 24.6. The minimum absolute atomic E-state index is 0.445. The van der Waals surface area contributed by atoms with Gasteiger partial charge in [0.25, 0.3) is 0 Å². The lowest BCUT2D eigenvalue weighted by atomic mass is 9.76. The SMILES string of the molecule is CC(C)(C)[Si](C)(C)NC1CCC(CC2CCC(N[Si](C)(C)C(C)(C)C)CC2)CC1. The molecule has 0 amide bonds. The van der Waals surface area contributed by atoms with Crippen LogP contribution < -0.4 is 9.96 Å². The highest BCUT2D eigenvalue weighted by Gasteiger charge is 2.39. The Morgan fingerprint density at radius 3 is 1.07 bits per heavy atom. The molecule has 0 aromatic rings. The average molecular weight is 439 g/mol. The summed E-state index contributed by atoms with van der Waals surface area (Å²) in [6, 6.07) is 1.58. The van der Waals surface area contributed by atoms with Crippen LogP contribution in [0.3, 0.4) is 0 Å². The van der Waals surface area contributed by atoms with Gasteiger partial charge in [0.2, 0.25) is 0 Å². The van der Waals surface area contributed by atoms with E-state index >= 15 is 0 Å². The first-order valence-corrected chi connectivity index (χ1v) is 18.7. The van der Waals surface area contributed by atoms with Gasteiger partial charge >= 0.3 is 0 Å². The van der Waals surface area contributed by atoms with Gasteiger partial charge in [0.15, 0.2) is 0 Å². The molecule has 2 saturated carbocycles. The van der Waals surface area contributed by atoms with Crippen molar-refractivity contribution in [2.45, 2.75) is 148 Å². The maximum atomic E-state index is 4.13. The van der Waals surface area contributed by atoms with Gasteiger partial charge in [-0.3, -0.25) is 0 Å². The molecule has 0 aromatic heterocycles. The maximum absolute atomic E-state index is 4.13. The standard InChI is InChI=1S/C25H54N2Si2/c1-24(2,3)28(7,8)26-22-15-11-20(12-16-22)19-21-13-17-23(18-14-21)27-29(9,10)25(4,5)6/h20-23,26-27H,11-19H2,1-10H3. The average Bonchev–Trinajstić information content (AvgIpc) is 2.56. The molecule has 2 nitrogen and oxygen atoms in total. The number of rotatable bonds is 6. The zero-order chi connectivity index (χ0) is 22.1. The minimum Gasteiger partial charge on any atom is -0.334 e. The van der Waals surface area contributed by atoms with Crippen LogP contribution in [-0.2, 0) is 0 Å². The lowest BCUT2D eigenvalue weighted by Gasteiger charge is -2.43. The molecule has 0 radical (unpaired) electrons. The second kappa shape index (κ2) is 9.46. The van der Waals surface area contributed by atoms with E-state index in [1.165, 1.54) is 57.8 Å². The molecule has 0 spiro atoms. The summed E-state index contributed by atoms with van der Waals surface area (Å²) in [5.41, 5.74) is 0. The largest absolute Gasteiger partial charge is 0.334 e. The zero-order valence-electron chi connectivity index (χ0n) is 21.7. The van der Waals surface area contributed by atoms with Gasteiger partial charge in [-0.2, -0.15) is 0 Å². The van der Waals surface area contributed by atoms with Gasteiger partial charge in [-0.05, 0) is 79.7 Å². The van der Waals surface area contributed by atoms with Gasteiger partial charge in [0, 0.05) is 12.1 Å². The van der Waals surface area contributed by atoms with Crippen LogP contribution in [0.15, 0.2) is 0 Å². The fourth-order valence-corrected chi connectivity index (χ4v) is 8.49. The summed E-state index contributed by atoms with van der Waals surface area (Å²) < 4.78 is 0. The highest BCUT2D eigenvalue weighted by Crippen LogP contribution is 2.39.